The van der Waals surface area contributed by atoms with Crippen LogP contribution < -0.4 is 11.1 Å². The molecule has 3 unspecified atom stereocenters. The fraction of sp³-hybridized carbons (Fsp3) is 0.611. The Morgan fingerprint density at radius 2 is 1.91 bits per heavy atom. The van der Waals surface area contributed by atoms with Gasteiger partial charge in [-0.2, -0.15) is 0 Å². The third kappa shape index (κ3) is 5.61. The van der Waals surface area contributed by atoms with Gasteiger partial charge in [-0.1, -0.05) is 44.2 Å². The first kappa shape index (κ1) is 17.9. The zero-order valence-corrected chi connectivity index (χ0v) is 14.2. The average molecular weight is 319 g/mol. The minimum atomic E-state index is -0.272. The third-order valence-corrected chi connectivity index (χ3v) is 4.44. The molecule has 1 saturated heterocycles. The van der Waals surface area contributed by atoms with Gasteiger partial charge in [0, 0.05) is 32.2 Å². The molecule has 0 bridgehead atoms. The fourth-order valence-corrected chi connectivity index (χ4v) is 2.85. The van der Waals surface area contributed by atoms with E-state index in [0.29, 0.717) is 12.5 Å². The largest absolute Gasteiger partial charge is 0.379 e. The lowest BCUT2D eigenvalue weighted by Gasteiger charge is -2.29. The molecular formula is C18H29N3O2. The lowest BCUT2D eigenvalue weighted by Crippen LogP contribution is -2.43. The molecule has 1 fully saturated rings. The second-order valence-corrected chi connectivity index (χ2v) is 6.49. The number of rotatable bonds is 7. The number of amides is 1. The van der Waals surface area contributed by atoms with Crippen LogP contribution in [-0.2, 0) is 9.53 Å². The van der Waals surface area contributed by atoms with Crippen molar-refractivity contribution in [2.45, 2.75) is 19.9 Å². The molecule has 5 nitrogen and oxygen atoms in total. The lowest BCUT2D eigenvalue weighted by atomic mass is 9.94. The van der Waals surface area contributed by atoms with Gasteiger partial charge in [0.2, 0.25) is 5.91 Å². The van der Waals surface area contributed by atoms with Gasteiger partial charge in [-0.15, -0.1) is 0 Å². The molecule has 128 valence electrons. The Morgan fingerprint density at radius 3 is 2.57 bits per heavy atom. The van der Waals surface area contributed by atoms with E-state index >= 15 is 0 Å². The predicted octanol–water partition coefficient (Wildman–Crippen LogP) is 1.41. The van der Waals surface area contributed by atoms with E-state index in [-0.39, 0.29) is 17.9 Å². The molecule has 23 heavy (non-hydrogen) atoms. The Hall–Kier alpha value is -1.43. The lowest BCUT2D eigenvalue weighted by molar-refractivity contribution is -0.125. The fourth-order valence-electron chi connectivity index (χ4n) is 2.85. The number of carbonyl (C=O) groups excluding carboxylic acids is 1. The normalized spacial score (nSPS) is 19.8. The number of nitrogens with two attached hydrogens (primary N) is 1. The first-order valence-electron chi connectivity index (χ1n) is 8.46. The van der Waals surface area contributed by atoms with Crippen molar-refractivity contribution >= 4 is 5.91 Å². The summed E-state index contributed by atoms with van der Waals surface area (Å²) in [5.74, 6) is 0.195. The molecule has 1 aromatic rings. The molecular weight excluding hydrogens is 290 g/mol. The Morgan fingerprint density at radius 1 is 1.26 bits per heavy atom. The van der Waals surface area contributed by atoms with Crippen molar-refractivity contribution in [1.82, 2.24) is 10.2 Å². The van der Waals surface area contributed by atoms with Crippen molar-refractivity contribution in [3.05, 3.63) is 35.9 Å². The minimum Gasteiger partial charge on any atom is -0.379 e. The number of nitrogens with zero attached hydrogens (tertiary/aromatic N) is 1. The molecule has 2 rings (SSSR count). The summed E-state index contributed by atoms with van der Waals surface area (Å²) in [6.45, 7) is 9.30. The standard InChI is InChI=1S/C18H29N3O2/c1-14(13-21-8-10-23-11-9-21)12-20-18(22)15(2)17(19)16-6-4-3-5-7-16/h3-7,14-15,17H,8-13,19H2,1-2H3,(H,20,22). The molecule has 5 heteroatoms. The summed E-state index contributed by atoms with van der Waals surface area (Å²) >= 11 is 0. The maximum atomic E-state index is 12.3. The summed E-state index contributed by atoms with van der Waals surface area (Å²) in [4.78, 5) is 14.7. The molecule has 0 spiro atoms. The molecule has 0 aromatic heterocycles. The molecule has 0 saturated carbocycles. The quantitative estimate of drug-likeness (QED) is 0.797. The van der Waals surface area contributed by atoms with Crippen LogP contribution in [0.1, 0.15) is 25.5 Å². The number of nitrogens with one attached hydrogen (secondary N) is 1. The molecule has 0 aliphatic carbocycles. The molecule has 1 aliphatic rings. The van der Waals surface area contributed by atoms with E-state index in [2.05, 4.69) is 17.1 Å². The van der Waals surface area contributed by atoms with E-state index in [4.69, 9.17) is 10.5 Å². The van der Waals surface area contributed by atoms with Gasteiger partial charge in [0.05, 0.1) is 19.1 Å². The van der Waals surface area contributed by atoms with Crippen LogP contribution in [0.2, 0.25) is 0 Å². The SMILES string of the molecule is CC(CNC(=O)C(C)C(N)c1ccccc1)CN1CCOCC1. The zero-order chi connectivity index (χ0) is 16.7. The van der Waals surface area contributed by atoms with Crippen LogP contribution in [0.25, 0.3) is 0 Å². The molecule has 1 aliphatic heterocycles. The molecule has 1 aromatic carbocycles. The van der Waals surface area contributed by atoms with E-state index in [1.807, 2.05) is 37.3 Å². The smallest absolute Gasteiger partial charge is 0.224 e. The van der Waals surface area contributed by atoms with E-state index in [9.17, 15) is 4.79 Å². The highest BCUT2D eigenvalue weighted by molar-refractivity contribution is 5.79. The minimum absolute atomic E-state index is 0.0233. The highest BCUT2D eigenvalue weighted by Crippen LogP contribution is 2.19. The van der Waals surface area contributed by atoms with Gasteiger partial charge in [-0.05, 0) is 11.5 Å². The predicted molar refractivity (Wildman–Crippen MR) is 92.0 cm³/mol. The number of ether oxygens (including phenoxy) is 1. The highest BCUT2D eigenvalue weighted by atomic mass is 16.5. The summed E-state index contributed by atoms with van der Waals surface area (Å²) in [6, 6.07) is 9.51. The maximum Gasteiger partial charge on any atom is 0.224 e. The van der Waals surface area contributed by atoms with Crippen LogP contribution in [-0.4, -0.2) is 50.2 Å². The maximum absolute atomic E-state index is 12.3. The van der Waals surface area contributed by atoms with Crippen molar-refractivity contribution < 1.29 is 9.53 Å². The van der Waals surface area contributed by atoms with Crippen LogP contribution in [0.5, 0.6) is 0 Å². The summed E-state index contributed by atoms with van der Waals surface area (Å²) in [5.41, 5.74) is 7.21. The Bertz CT molecular complexity index is 474. The van der Waals surface area contributed by atoms with E-state index in [0.717, 1.165) is 38.4 Å². The number of carbonyl (C=O) groups is 1. The van der Waals surface area contributed by atoms with Gasteiger partial charge in [0.15, 0.2) is 0 Å². The van der Waals surface area contributed by atoms with Crippen molar-refractivity contribution in [3.63, 3.8) is 0 Å². The number of hydrogen-bond donors (Lipinski definition) is 2. The summed E-state index contributed by atoms with van der Waals surface area (Å²) in [5, 5.41) is 3.05. The van der Waals surface area contributed by atoms with Gasteiger partial charge < -0.3 is 15.8 Å². The Balaban J connectivity index is 1.74. The Kier molecular flexibility index (Phi) is 7.02. The second kappa shape index (κ2) is 9.01. The molecule has 1 heterocycles. The monoisotopic (exact) mass is 319 g/mol. The topological polar surface area (TPSA) is 67.6 Å². The molecule has 0 radical (unpaired) electrons. The van der Waals surface area contributed by atoms with E-state index in [1.54, 1.807) is 0 Å². The van der Waals surface area contributed by atoms with E-state index < -0.39 is 0 Å². The molecule has 1 amide bonds. The van der Waals surface area contributed by atoms with Gasteiger partial charge >= 0.3 is 0 Å². The van der Waals surface area contributed by atoms with Crippen molar-refractivity contribution in [2.75, 3.05) is 39.4 Å². The van der Waals surface area contributed by atoms with Gasteiger partial charge in [-0.25, -0.2) is 0 Å². The van der Waals surface area contributed by atoms with Crippen LogP contribution in [0.4, 0.5) is 0 Å². The number of morpholine rings is 1. The van der Waals surface area contributed by atoms with Crippen molar-refractivity contribution in [2.24, 2.45) is 17.6 Å². The second-order valence-electron chi connectivity index (χ2n) is 6.49. The number of hydrogen-bond acceptors (Lipinski definition) is 4. The Labute approximate surface area is 139 Å². The van der Waals surface area contributed by atoms with Gasteiger partial charge in [-0.3, -0.25) is 9.69 Å². The molecule has 3 N–H and O–H groups in total. The third-order valence-electron chi connectivity index (χ3n) is 4.44. The van der Waals surface area contributed by atoms with Crippen LogP contribution >= 0.6 is 0 Å². The summed E-state index contributed by atoms with van der Waals surface area (Å²) < 4.78 is 5.35. The summed E-state index contributed by atoms with van der Waals surface area (Å²) in [7, 11) is 0. The molecule has 3 atom stereocenters. The van der Waals surface area contributed by atoms with Crippen LogP contribution in [0.15, 0.2) is 30.3 Å². The first-order valence-corrected chi connectivity index (χ1v) is 8.46. The zero-order valence-electron chi connectivity index (χ0n) is 14.2. The van der Waals surface area contributed by atoms with Gasteiger partial charge in [0.25, 0.3) is 0 Å². The highest BCUT2D eigenvalue weighted by Gasteiger charge is 2.22. The van der Waals surface area contributed by atoms with Crippen LogP contribution in [0.3, 0.4) is 0 Å². The van der Waals surface area contributed by atoms with Gasteiger partial charge in [0.1, 0.15) is 0 Å². The van der Waals surface area contributed by atoms with Crippen molar-refractivity contribution in [1.29, 1.82) is 0 Å². The van der Waals surface area contributed by atoms with Crippen LogP contribution in [0, 0.1) is 11.8 Å². The average Bonchev–Trinajstić information content (AvgIpc) is 2.60. The summed E-state index contributed by atoms with van der Waals surface area (Å²) in [6.07, 6.45) is 0. The van der Waals surface area contributed by atoms with E-state index in [1.165, 1.54) is 0 Å². The first-order chi connectivity index (χ1) is 11.1. The number of benzene rings is 1. The van der Waals surface area contributed by atoms with Crippen molar-refractivity contribution in [3.8, 4) is 0 Å².